The van der Waals surface area contributed by atoms with Gasteiger partial charge in [-0.25, -0.2) is 14.5 Å². The van der Waals surface area contributed by atoms with E-state index in [-0.39, 0.29) is 0 Å². The van der Waals surface area contributed by atoms with Crippen LogP contribution in [0.5, 0.6) is 0 Å². The van der Waals surface area contributed by atoms with Crippen LogP contribution in [0.3, 0.4) is 0 Å². The number of benzene rings is 3. The van der Waals surface area contributed by atoms with Crippen molar-refractivity contribution in [3.63, 3.8) is 0 Å². The summed E-state index contributed by atoms with van der Waals surface area (Å²) in [5, 5.41) is 14.3. The second-order valence-corrected chi connectivity index (χ2v) is 8.59. The maximum absolute atomic E-state index is 11.6. The molecule has 0 aliphatic carbocycles. The first-order chi connectivity index (χ1) is 16.6. The molecule has 1 heterocycles. The lowest BCUT2D eigenvalue weighted by molar-refractivity contribution is 0.0697. The van der Waals surface area contributed by atoms with E-state index in [0.717, 1.165) is 54.0 Å². The summed E-state index contributed by atoms with van der Waals surface area (Å²) < 4.78 is 2.04. The van der Waals surface area contributed by atoms with Crippen LogP contribution in [0.15, 0.2) is 78.9 Å². The number of rotatable bonds is 11. The second-order valence-electron chi connectivity index (χ2n) is 8.59. The highest BCUT2D eigenvalue weighted by Crippen LogP contribution is 2.24. The number of nitrogens with zero attached hydrogens (tertiary/aromatic N) is 3. The fourth-order valence-electron chi connectivity index (χ4n) is 4.16. The van der Waals surface area contributed by atoms with Gasteiger partial charge >= 0.3 is 5.97 Å². The van der Waals surface area contributed by atoms with Gasteiger partial charge in [0, 0.05) is 12.8 Å². The van der Waals surface area contributed by atoms with Crippen molar-refractivity contribution in [2.75, 3.05) is 0 Å². The summed E-state index contributed by atoms with van der Waals surface area (Å²) in [5.41, 5.74) is 4.35. The molecule has 0 fully saturated rings. The average Bonchev–Trinajstić information content (AvgIpc) is 3.25. The van der Waals surface area contributed by atoms with E-state index >= 15 is 0 Å². The van der Waals surface area contributed by atoms with Crippen LogP contribution in [0.4, 0.5) is 0 Å². The van der Waals surface area contributed by atoms with E-state index in [4.69, 9.17) is 10.1 Å². The molecule has 3 aromatic carbocycles. The number of aryl methyl sites for hydroxylation is 3. The first kappa shape index (κ1) is 23.4. The third kappa shape index (κ3) is 5.98. The molecule has 0 atom stereocenters. The topological polar surface area (TPSA) is 68.0 Å². The molecule has 0 radical (unpaired) electrons. The molecule has 5 heteroatoms. The Morgan fingerprint density at radius 2 is 1.56 bits per heavy atom. The molecule has 0 unspecified atom stereocenters. The van der Waals surface area contributed by atoms with E-state index in [1.54, 1.807) is 12.1 Å². The lowest BCUT2D eigenvalue weighted by Crippen LogP contribution is -2.07. The Morgan fingerprint density at radius 3 is 2.29 bits per heavy atom. The van der Waals surface area contributed by atoms with Crippen LogP contribution in [0, 0.1) is 0 Å². The summed E-state index contributed by atoms with van der Waals surface area (Å²) in [4.78, 5) is 16.5. The zero-order chi connectivity index (χ0) is 23.8. The lowest BCUT2D eigenvalue weighted by Gasteiger charge is -2.09. The van der Waals surface area contributed by atoms with Crippen molar-refractivity contribution < 1.29 is 9.90 Å². The van der Waals surface area contributed by atoms with Gasteiger partial charge in [0.05, 0.1) is 12.1 Å². The minimum atomic E-state index is -0.915. The maximum Gasteiger partial charge on any atom is 0.336 e. The first-order valence-corrected chi connectivity index (χ1v) is 12.0. The maximum atomic E-state index is 11.6. The van der Waals surface area contributed by atoms with Gasteiger partial charge in [0.2, 0.25) is 0 Å². The van der Waals surface area contributed by atoms with E-state index < -0.39 is 5.97 Å². The molecule has 0 spiro atoms. The van der Waals surface area contributed by atoms with Gasteiger partial charge in [-0.1, -0.05) is 92.6 Å². The predicted molar refractivity (Wildman–Crippen MR) is 135 cm³/mol. The molecule has 0 saturated heterocycles. The number of carboxylic acids is 1. The number of carboxylic acid groups (broad SMARTS) is 1. The molecule has 0 bridgehead atoms. The van der Waals surface area contributed by atoms with Crippen molar-refractivity contribution in [1.29, 1.82) is 0 Å². The molecule has 0 aliphatic rings. The summed E-state index contributed by atoms with van der Waals surface area (Å²) in [6.07, 6.45) is 6.15. The number of carbonyl (C=O) groups is 1. The van der Waals surface area contributed by atoms with Gasteiger partial charge in [0.15, 0.2) is 5.82 Å². The summed E-state index contributed by atoms with van der Waals surface area (Å²) in [6, 6.07) is 25.6. The third-order valence-electron chi connectivity index (χ3n) is 6.03. The average molecular weight is 454 g/mol. The SMILES string of the molecule is CCCCCc1nc(CCc2ccccc2)nn1Cc1ccc(-c2ccccc2C(=O)O)cc1. The van der Waals surface area contributed by atoms with Crippen molar-refractivity contribution in [3.8, 4) is 11.1 Å². The Bertz CT molecular complexity index is 1210. The molecule has 34 heavy (non-hydrogen) atoms. The van der Waals surface area contributed by atoms with Crippen LogP contribution in [-0.2, 0) is 25.8 Å². The quantitative estimate of drug-likeness (QED) is 0.274. The molecule has 1 N–H and O–H groups in total. The van der Waals surface area contributed by atoms with Gasteiger partial charge in [-0.2, -0.15) is 5.10 Å². The highest BCUT2D eigenvalue weighted by molar-refractivity contribution is 5.95. The van der Waals surface area contributed by atoms with E-state index in [1.807, 2.05) is 35.0 Å². The number of unbranched alkanes of at least 4 members (excludes halogenated alkanes) is 2. The fourth-order valence-corrected chi connectivity index (χ4v) is 4.16. The van der Waals surface area contributed by atoms with E-state index in [0.29, 0.717) is 12.1 Å². The summed E-state index contributed by atoms with van der Waals surface area (Å²) >= 11 is 0. The zero-order valence-electron chi connectivity index (χ0n) is 19.7. The minimum absolute atomic E-state index is 0.313. The van der Waals surface area contributed by atoms with Crippen molar-refractivity contribution >= 4 is 5.97 Å². The van der Waals surface area contributed by atoms with Crippen LogP contribution >= 0.6 is 0 Å². The number of aromatic carboxylic acids is 1. The van der Waals surface area contributed by atoms with Crippen molar-refractivity contribution in [3.05, 3.63) is 107 Å². The van der Waals surface area contributed by atoms with Crippen molar-refractivity contribution in [1.82, 2.24) is 14.8 Å². The van der Waals surface area contributed by atoms with Gasteiger partial charge < -0.3 is 5.11 Å². The largest absolute Gasteiger partial charge is 0.478 e. The zero-order valence-corrected chi connectivity index (χ0v) is 19.7. The predicted octanol–water partition coefficient (Wildman–Crippen LogP) is 6.21. The lowest BCUT2D eigenvalue weighted by atomic mass is 9.99. The third-order valence-corrected chi connectivity index (χ3v) is 6.03. The van der Waals surface area contributed by atoms with Gasteiger partial charge in [-0.15, -0.1) is 0 Å². The molecule has 5 nitrogen and oxygen atoms in total. The van der Waals surface area contributed by atoms with Crippen molar-refractivity contribution in [2.45, 2.75) is 52.0 Å². The fraction of sp³-hybridized carbons (Fsp3) is 0.276. The normalized spacial score (nSPS) is 11.0. The summed E-state index contributed by atoms with van der Waals surface area (Å²) in [7, 11) is 0. The van der Waals surface area contributed by atoms with E-state index in [2.05, 4.69) is 43.3 Å². The smallest absolute Gasteiger partial charge is 0.336 e. The van der Waals surface area contributed by atoms with Crippen LogP contribution in [0.2, 0.25) is 0 Å². The minimum Gasteiger partial charge on any atom is -0.478 e. The van der Waals surface area contributed by atoms with Crippen LogP contribution in [0.25, 0.3) is 11.1 Å². The highest BCUT2D eigenvalue weighted by atomic mass is 16.4. The Labute approximate surface area is 201 Å². The molecular formula is C29H31N3O2. The molecule has 0 aliphatic heterocycles. The van der Waals surface area contributed by atoms with Gasteiger partial charge in [0.1, 0.15) is 5.82 Å². The van der Waals surface area contributed by atoms with Crippen molar-refractivity contribution in [2.24, 2.45) is 0 Å². The van der Waals surface area contributed by atoms with Gasteiger partial charge in [0.25, 0.3) is 0 Å². The molecule has 174 valence electrons. The Balaban J connectivity index is 1.51. The molecule has 4 rings (SSSR count). The highest BCUT2D eigenvalue weighted by Gasteiger charge is 2.13. The van der Waals surface area contributed by atoms with Crippen LogP contribution in [0.1, 0.15) is 59.3 Å². The number of hydrogen-bond donors (Lipinski definition) is 1. The molecular weight excluding hydrogens is 422 g/mol. The van der Waals surface area contributed by atoms with Gasteiger partial charge in [-0.3, -0.25) is 0 Å². The molecule has 0 amide bonds. The summed E-state index contributed by atoms with van der Waals surface area (Å²) in [5.74, 6) is 1.02. The second kappa shape index (κ2) is 11.4. The monoisotopic (exact) mass is 453 g/mol. The molecule has 0 saturated carbocycles. The molecule has 4 aromatic rings. The van der Waals surface area contributed by atoms with E-state index in [9.17, 15) is 9.90 Å². The summed E-state index contributed by atoms with van der Waals surface area (Å²) in [6.45, 7) is 2.86. The van der Waals surface area contributed by atoms with Gasteiger partial charge in [-0.05, 0) is 41.2 Å². The van der Waals surface area contributed by atoms with Crippen LogP contribution < -0.4 is 0 Å². The number of hydrogen-bond acceptors (Lipinski definition) is 3. The molecule has 1 aromatic heterocycles. The standard InChI is InChI=1S/C29H31N3O2/c1-2-3-5-14-28-30-27(20-17-22-10-6-4-7-11-22)31-32(28)21-23-15-18-24(19-16-23)25-12-8-9-13-26(25)29(33)34/h4,6-13,15-16,18-19H,2-3,5,14,17,20-21H2,1H3,(H,33,34). The Kier molecular flexibility index (Phi) is 7.87. The van der Waals surface area contributed by atoms with E-state index in [1.165, 1.54) is 18.4 Å². The number of aromatic nitrogens is 3. The van der Waals surface area contributed by atoms with Crippen LogP contribution in [-0.4, -0.2) is 25.8 Å². The first-order valence-electron chi connectivity index (χ1n) is 12.0. The Morgan fingerprint density at radius 1 is 0.824 bits per heavy atom. The Hall–Kier alpha value is -3.73.